The molecule has 0 unspecified atom stereocenters. The molecule has 1 aromatic heterocycles. The number of benzene rings is 1. The zero-order chi connectivity index (χ0) is 21.2. The molecular weight excluding hydrogens is 368 g/mol. The largest absolute Gasteiger partial charge is 0.497 e. The molecule has 1 aromatic carbocycles. The number of hydrogen-bond donors (Lipinski definition) is 0. The first-order valence-electron chi connectivity index (χ1n) is 12.0. The first-order valence-corrected chi connectivity index (χ1v) is 12.0. The van der Waals surface area contributed by atoms with Gasteiger partial charge in [0.25, 0.3) is 0 Å². The second kappa shape index (κ2) is 12.1. The number of methoxy groups -OCH3 is 1. The van der Waals surface area contributed by atoms with Crippen molar-refractivity contribution in [3.63, 3.8) is 0 Å². The molecular formula is C27H40N2O. The first kappa shape index (κ1) is 22.8. The normalized spacial score (nSPS) is 19.8. The Kier molecular flexibility index (Phi) is 9.20. The Balaban J connectivity index is 1.48. The third-order valence-corrected chi connectivity index (χ3v) is 6.83. The second-order valence-electron chi connectivity index (χ2n) is 8.91. The van der Waals surface area contributed by atoms with Gasteiger partial charge in [0.2, 0.25) is 0 Å². The Morgan fingerprint density at radius 3 is 2.83 bits per heavy atom. The molecule has 1 aliphatic rings. The average molecular weight is 409 g/mol. The highest BCUT2D eigenvalue weighted by Gasteiger charge is 2.26. The second-order valence-corrected chi connectivity index (χ2v) is 8.91. The van der Waals surface area contributed by atoms with E-state index in [1.165, 1.54) is 82.0 Å². The van der Waals surface area contributed by atoms with Gasteiger partial charge in [0.1, 0.15) is 5.75 Å². The van der Waals surface area contributed by atoms with E-state index in [0.29, 0.717) is 5.92 Å². The maximum Gasteiger partial charge on any atom is 0.119 e. The van der Waals surface area contributed by atoms with E-state index in [2.05, 4.69) is 47.7 Å². The standard InChI is InChI=1S/C27H40N2O/c1-4-6-7-8-9-18-29-19-16-23(22(5-2)21-29)11-10-12-24-15-17-28-27-14-13-25(30-3)20-26(24)27/h5,13-15,17,20,22-23H,2,4,6-12,16,18-19,21H2,1,3H3/t22-,23-/m1/s1. The van der Waals surface area contributed by atoms with Crippen molar-refractivity contribution >= 4 is 10.9 Å². The van der Waals surface area contributed by atoms with Gasteiger partial charge in [0.15, 0.2) is 0 Å². The van der Waals surface area contributed by atoms with Gasteiger partial charge in [-0.3, -0.25) is 4.98 Å². The Bertz CT molecular complexity index is 788. The van der Waals surface area contributed by atoms with E-state index < -0.39 is 0 Å². The van der Waals surface area contributed by atoms with Crippen molar-refractivity contribution in [3.05, 3.63) is 48.7 Å². The number of pyridine rings is 1. The van der Waals surface area contributed by atoms with Crippen LogP contribution in [-0.2, 0) is 6.42 Å². The van der Waals surface area contributed by atoms with Gasteiger partial charge in [-0.1, -0.05) is 38.7 Å². The Hall–Kier alpha value is -1.87. The predicted octanol–water partition coefficient (Wildman–Crippen LogP) is 6.66. The van der Waals surface area contributed by atoms with Gasteiger partial charge in [-0.05, 0) is 86.9 Å². The molecule has 0 saturated carbocycles. The zero-order valence-corrected chi connectivity index (χ0v) is 19.1. The molecule has 3 heteroatoms. The van der Waals surface area contributed by atoms with Gasteiger partial charge >= 0.3 is 0 Å². The van der Waals surface area contributed by atoms with Gasteiger partial charge in [0, 0.05) is 18.1 Å². The molecule has 0 aliphatic carbocycles. The molecule has 3 rings (SSSR count). The van der Waals surface area contributed by atoms with Gasteiger partial charge in [0.05, 0.1) is 12.6 Å². The number of ether oxygens (including phenoxy) is 1. The van der Waals surface area contributed by atoms with Crippen LogP contribution in [-0.4, -0.2) is 36.6 Å². The van der Waals surface area contributed by atoms with E-state index in [4.69, 9.17) is 4.74 Å². The fourth-order valence-corrected chi connectivity index (χ4v) is 4.95. The molecule has 0 spiro atoms. The van der Waals surface area contributed by atoms with Crippen molar-refractivity contribution < 1.29 is 4.74 Å². The number of hydrogen-bond acceptors (Lipinski definition) is 3. The summed E-state index contributed by atoms with van der Waals surface area (Å²) >= 11 is 0. The minimum Gasteiger partial charge on any atom is -0.497 e. The lowest BCUT2D eigenvalue weighted by atomic mass is 9.81. The molecule has 2 aromatic rings. The summed E-state index contributed by atoms with van der Waals surface area (Å²) in [6, 6.07) is 8.35. The van der Waals surface area contributed by atoms with E-state index in [1.807, 2.05) is 12.3 Å². The van der Waals surface area contributed by atoms with Crippen LogP contribution in [0.15, 0.2) is 43.1 Å². The van der Waals surface area contributed by atoms with Crippen LogP contribution in [0.25, 0.3) is 10.9 Å². The quantitative estimate of drug-likeness (QED) is 0.290. The van der Waals surface area contributed by atoms with Crippen LogP contribution in [0.1, 0.15) is 63.9 Å². The van der Waals surface area contributed by atoms with Crippen LogP contribution < -0.4 is 4.74 Å². The lowest BCUT2D eigenvalue weighted by molar-refractivity contribution is 0.135. The number of nitrogens with zero attached hydrogens (tertiary/aromatic N) is 2. The number of likely N-dealkylation sites (tertiary alicyclic amines) is 1. The van der Waals surface area contributed by atoms with Crippen molar-refractivity contribution in [2.45, 2.75) is 64.7 Å². The Morgan fingerprint density at radius 1 is 1.17 bits per heavy atom. The van der Waals surface area contributed by atoms with E-state index in [0.717, 1.165) is 23.6 Å². The number of rotatable bonds is 12. The van der Waals surface area contributed by atoms with Crippen molar-refractivity contribution in [1.29, 1.82) is 0 Å². The van der Waals surface area contributed by atoms with Crippen molar-refractivity contribution in [3.8, 4) is 5.75 Å². The summed E-state index contributed by atoms with van der Waals surface area (Å²) in [4.78, 5) is 7.19. The molecule has 164 valence electrons. The molecule has 1 saturated heterocycles. The van der Waals surface area contributed by atoms with Crippen molar-refractivity contribution in [1.82, 2.24) is 9.88 Å². The summed E-state index contributed by atoms with van der Waals surface area (Å²) in [6.45, 7) is 10.2. The van der Waals surface area contributed by atoms with Crippen LogP contribution in [0, 0.1) is 11.8 Å². The number of unbranched alkanes of at least 4 members (excludes halogenated alkanes) is 4. The number of fused-ring (bicyclic) bond motifs is 1. The molecule has 30 heavy (non-hydrogen) atoms. The fraction of sp³-hybridized carbons (Fsp3) is 0.593. The number of piperidine rings is 1. The van der Waals surface area contributed by atoms with Crippen LogP contribution >= 0.6 is 0 Å². The van der Waals surface area contributed by atoms with Crippen molar-refractivity contribution in [2.24, 2.45) is 11.8 Å². The molecule has 1 aliphatic heterocycles. The first-order chi connectivity index (χ1) is 14.7. The zero-order valence-electron chi connectivity index (χ0n) is 19.1. The summed E-state index contributed by atoms with van der Waals surface area (Å²) in [6.07, 6.45) is 15.9. The van der Waals surface area contributed by atoms with Crippen LogP contribution in [0.2, 0.25) is 0 Å². The lowest BCUT2D eigenvalue weighted by Gasteiger charge is -2.37. The molecule has 0 N–H and O–H groups in total. The molecule has 0 amide bonds. The fourth-order valence-electron chi connectivity index (χ4n) is 4.95. The minimum atomic E-state index is 0.642. The highest BCUT2D eigenvalue weighted by molar-refractivity contribution is 5.83. The SMILES string of the molecule is C=C[C@@H]1CN(CCCCCCC)CC[C@H]1CCCc1ccnc2ccc(OC)cc12. The lowest BCUT2D eigenvalue weighted by Crippen LogP contribution is -2.40. The molecule has 2 heterocycles. The summed E-state index contributed by atoms with van der Waals surface area (Å²) in [5.74, 6) is 2.33. The van der Waals surface area contributed by atoms with Gasteiger partial charge < -0.3 is 9.64 Å². The smallest absolute Gasteiger partial charge is 0.119 e. The number of aromatic nitrogens is 1. The monoisotopic (exact) mass is 408 g/mol. The summed E-state index contributed by atoms with van der Waals surface area (Å²) in [5, 5.41) is 1.23. The number of aryl methyl sites for hydroxylation is 1. The summed E-state index contributed by atoms with van der Waals surface area (Å²) < 4.78 is 5.42. The topological polar surface area (TPSA) is 25.4 Å². The average Bonchev–Trinajstić information content (AvgIpc) is 2.79. The van der Waals surface area contributed by atoms with Gasteiger partial charge in [-0.15, -0.1) is 6.58 Å². The summed E-state index contributed by atoms with van der Waals surface area (Å²) in [5.41, 5.74) is 2.45. The van der Waals surface area contributed by atoms with E-state index in [-0.39, 0.29) is 0 Å². The Morgan fingerprint density at radius 2 is 2.03 bits per heavy atom. The van der Waals surface area contributed by atoms with Crippen LogP contribution in [0.5, 0.6) is 5.75 Å². The Labute approximate surface area is 183 Å². The molecule has 0 radical (unpaired) electrons. The van der Waals surface area contributed by atoms with Crippen molar-refractivity contribution in [2.75, 3.05) is 26.7 Å². The third kappa shape index (κ3) is 6.31. The highest BCUT2D eigenvalue weighted by atomic mass is 16.5. The van der Waals surface area contributed by atoms with Crippen LogP contribution in [0.3, 0.4) is 0 Å². The molecule has 0 bridgehead atoms. The molecule has 2 atom stereocenters. The van der Waals surface area contributed by atoms with Gasteiger partial charge in [-0.2, -0.15) is 0 Å². The molecule has 1 fully saturated rings. The summed E-state index contributed by atoms with van der Waals surface area (Å²) in [7, 11) is 1.73. The van der Waals surface area contributed by atoms with E-state index in [9.17, 15) is 0 Å². The highest BCUT2D eigenvalue weighted by Crippen LogP contribution is 2.30. The van der Waals surface area contributed by atoms with Gasteiger partial charge in [-0.25, -0.2) is 0 Å². The molecule has 3 nitrogen and oxygen atoms in total. The predicted molar refractivity (Wildman–Crippen MR) is 128 cm³/mol. The maximum atomic E-state index is 5.42. The van der Waals surface area contributed by atoms with E-state index in [1.54, 1.807) is 7.11 Å². The third-order valence-electron chi connectivity index (χ3n) is 6.83. The minimum absolute atomic E-state index is 0.642. The van der Waals surface area contributed by atoms with Crippen LogP contribution in [0.4, 0.5) is 0 Å². The maximum absolute atomic E-state index is 5.42. The van der Waals surface area contributed by atoms with E-state index >= 15 is 0 Å².